The Morgan fingerprint density at radius 2 is 1.98 bits per heavy atom. The molecule has 14 heteroatoms. The van der Waals surface area contributed by atoms with Crippen LogP contribution < -0.4 is 5.76 Å². The predicted molar refractivity (Wildman–Crippen MR) is 148 cm³/mol. The highest BCUT2D eigenvalue weighted by Gasteiger charge is 2.35. The molecule has 5 heterocycles. The third-order valence-corrected chi connectivity index (χ3v) is 8.79. The number of benzene rings is 1. The number of likely N-dealkylation sites (tertiary alicyclic amines) is 1. The molecule has 4 aromatic rings. The van der Waals surface area contributed by atoms with Crippen LogP contribution in [0.5, 0.6) is 0 Å². The molecule has 10 nitrogen and oxygen atoms in total. The largest absolute Gasteiger partial charge is 0.435 e. The lowest BCUT2D eigenvalue weighted by molar-refractivity contribution is -0.142. The molecule has 42 heavy (non-hydrogen) atoms. The topological polar surface area (TPSA) is 108 Å². The molecule has 2 aliphatic heterocycles. The van der Waals surface area contributed by atoms with Crippen LogP contribution in [0.2, 0.25) is 0 Å². The Labute approximate surface area is 242 Å². The van der Waals surface area contributed by atoms with Crippen molar-refractivity contribution < 1.29 is 27.2 Å². The van der Waals surface area contributed by atoms with Gasteiger partial charge in [-0.05, 0) is 50.8 Å². The minimum absolute atomic E-state index is 0.0843. The number of oxime groups is 1. The average Bonchev–Trinajstić information content (AvgIpc) is 3.76. The van der Waals surface area contributed by atoms with Gasteiger partial charge in [0.2, 0.25) is 5.91 Å². The summed E-state index contributed by atoms with van der Waals surface area (Å²) in [5, 5.41) is 10.8. The van der Waals surface area contributed by atoms with Gasteiger partial charge in [0.1, 0.15) is 18.4 Å². The molecule has 3 aromatic heterocycles. The molecule has 0 saturated carbocycles. The van der Waals surface area contributed by atoms with Crippen LogP contribution in [0.3, 0.4) is 0 Å². The molecule has 1 atom stereocenters. The number of para-hydroxylation sites is 2. The van der Waals surface area contributed by atoms with Gasteiger partial charge in [0.15, 0.2) is 11.3 Å². The predicted octanol–water partition coefficient (Wildman–Crippen LogP) is 4.95. The van der Waals surface area contributed by atoms with E-state index < -0.39 is 11.9 Å². The van der Waals surface area contributed by atoms with Gasteiger partial charge in [-0.2, -0.15) is 18.3 Å². The second kappa shape index (κ2) is 11.4. The maximum atomic E-state index is 12.9. The van der Waals surface area contributed by atoms with Gasteiger partial charge in [0, 0.05) is 43.0 Å². The molecular weight excluding hydrogens is 573 g/mol. The van der Waals surface area contributed by atoms with Crippen molar-refractivity contribution >= 4 is 34.1 Å². The lowest BCUT2D eigenvalue weighted by Crippen LogP contribution is -2.40. The average molecular weight is 603 g/mol. The number of amides is 1. The zero-order valence-electron chi connectivity index (χ0n) is 22.8. The first kappa shape index (κ1) is 28.2. The summed E-state index contributed by atoms with van der Waals surface area (Å²) in [6.45, 7) is 2.83. The molecule has 1 fully saturated rings. The van der Waals surface area contributed by atoms with E-state index in [4.69, 9.17) is 14.2 Å². The third kappa shape index (κ3) is 5.85. The van der Waals surface area contributed by atoms with E-state index in [0.29, 0.717) is 37.3 Å². The van der Waals surface area contributed by atoms with Gasteiger partial charge < -0.3 is 14.2 Å². The first-order valence-corrected chi connectivity index (χ1v) is 14.7. The maximum Gasteiger partial charge on any atom is 0.435 e. The van der Waals surface area contributed by atoms with Gasteiger partial charge in [0.25, 0.3) is 0 Å². The van der Waals surface area contributed by atoms with E-state index in [1.165, 1.54) is 6.92 Å². The minimum Gasteiger partial charge on any atom is -0.408 e. The molecule has 6 rings (SSSR count). The van der Waals surface area contributed by atoms with E-state index in [-0.39, 0.29) is 30.2 Å². The fourth-order valence-electron chi connectivity index (χ4n) is 5.46. The summed E-state index contributed by atoms with van der Waals surface area (Å²) in [5.74, 6) is -0.418. The van der Waals surface area contributed by atoms with Crippen molar-refractivity contribution in [3.63, 3.8) is 0 Å². The summed E-state index contributed by atoms with van der Waals surface area (Å²) >= 11 is 1.56. The number of piperidine rings is 1. The van der Waals surface area contributed by atoms with Crippen molar-refractivity contribution in [2.45, 2.75) is 70.3 Å². The number of oxazole rings is 1. The Kier molecular flexibility index (Phi) is 7.64. The summed E-state index contributed by atoms with van der Waals surface area (Å²) in [4.78, 5) is 37.1. The maximum absolute atomic E-state index is 12.9. The van der Waals surface area contributed by atoms with Gasteiger partial charge in [-0.25, -0.2) is 9.78 Å². The zero-order chi connectivity index (χ0) is 29.4. The molecule has 0 radical (unpaired) electrons. The minimum atomic E-state index is -4.54. The van der Waals surface area contributed by atoms with Gasteiger partial charge in [-0.15, -0.1) is 11.3 Å². The molecule has 2 aliphatic rings. The van der Waals surface area contributed by atoms with E-state index in [1.54, 1.807) is 26.9 Å². The molecule has 0 aliphatic carbocycles. The Bertz CT molecular complexity index is 1680. The highest BCUT2D eigenvalue weighted by atomic mass is 32.1. The lowest BCUT2D eigenvalue weighted by Gasteiger charge is -2.31. The van der Waals surface area contributed by atoms with Gasteiger partial charge >= 0.3 is 11.9 Å². The molecule has 0 N–H and O–H groups in total. The number of alkyl halides is 3. The van der Waals surface area contributed by atoms with Gasteiger partial charge in [0.05, 0.1) is 16.2 Å². The third-order valence-electron chi connectivity index (χ3n) is 7.79. The number of rotatable bonds is 8. The summed E-state index contributed by atoms with van der Waals surface area (Å²) in [7, 11) is 0. The first-order valence-electron chi connectivity index (χ1n) is 13.8. The van der Waals surface area contributed by atoms with Crippen molar-refractivity contribution in [2.24, 2.45) is 5.16 Å². The first-order chi connectivity index (χ1) is 20.2. The standard InChI is InChI=1S/C28H29F3N6O4S/c1-17-13-24(28(29,30)31)33-37(17)15-25(38)35-11-8-18(9-12-35)26-32-21(16-42-26)20-14-19(41-34-20)5-4-10-36-22-6-2-3-7-23(22)40-27(36)39/h2-3,6-7,13,16,18-19H,4-5,8-12,14-15H2,1H3. The summed E-state index contributed by atoms with van der Waals surface area (Å²) in [5.41, 5.74) is 2.26. The Morgan fingerprint density at radius 3 is 2.74 bits per heavy atom. The van der Waals surface area contributed by atoms with Crippen LogP contribution in [-0.2, 0) is 28.9 Å². The molecule has 1 aromatic carbocycles. The van der Waals surface area contributed by atoms with Crippen LogP contribution in [0, 0.1) is 6.92 Å². The SMILES string of the molecule is Cc1cc(C(F)(F)F)nn1CC(=O)N1CCC(c2nc(C3=NOC(CCCn4c(=O)oc5ccccc54)C3)cs2)CC1. The summed E-state index contributed by atoms with van der Waals surface area (Å²) in [6, 6.07) is 8.31. The molecule has 1 amide bonds. The molecule has 1 unspecified atom stereocenters. The second-order valence-electron chi connectivity index (χ2n) is 10.7. The van der Waals surface area contributed by atoms with Crippen LogP contribution in [-0.4, -0.2) is 55.0 Å². The fourth-order valence-corrected chi connectivity index (χ4v) is 6.46. The number of halogens is 3. The quantitative estimate of drug-likeness (QED) is 0.282. The number of fused-ring (bicyclic) bond motifs is 1. The van der Waals surface area contributed by atoms with Crippen LogP contribution in [0.25, 0.3) is 11.1 Å². The number of hydrogen-bond donors (Lipinski definition) is 0. The van der Waals surface area contributed by atoms with Crippen molar-refractivity contribution in [1.82, 2.24) is 24.2 Å². The Morgan fingerprint density at radius 1 is 1.19 bits per heavy atom. The van der Waals surface area contributed by atoms with E-state index in [2.05, 4.69) is 10.3 Å². The molecule has 0 bridgehead atoms. The smallest absolute Gasteiger partial charge is 0.408 e. The summed E-state index contributed by atoms with van der Waals surface area (Å²) in [6.07, 6.45) is -1.08. The fraction of sp³-hybridized carbons (Fsp3) is 0.464. The monoisotopic (exact) mass is 602 g/mol. The number of carbonyl (C=O) groups excluding carboxylic acids is 1. The number of aryl methyl sites for hydroxylation is 2. The second-order valence-corrected chi connectivity index (χ2v) is 11.5. The van der Waals surface area contributed by atoms with Gasteiger partial charge in [-0.3, -0.25) is 14.0 Å². The van der Waals surface area contributed by atoms with Crippen molar-refractivity contribution in [2.75, 3.05) is 13.1 Å². The molecular formula is C28H29F3N6O4S. The van der Waals surface area contributed by atoms with E-state index in [9.17, 15) is 22.8 Å². The number of nitrogens with zero attached hydrogens (tertiary/aromatic N) is 6. The molecule has 222 valence electrons. The zero-order valence-corrected chi connectivity index (χ0v) is 23.7. The molecule has 0 spiro atoms. The van der Waals surface area contributed by atoms with Crippen LogP contribution in [0.1, 0.15) is 60.1 Å². The summed E-state index contributed by atoms with van der Waals surface area (Å²) < 4.78 is 46.9. The number of thiazole rings is 1. The molecule has 1 saturated heterocycles. The van der Waals surface area contributed by atoms with Crippen LogP contribution >= 0.6 is 11.3 Å². The number of carbonyl (C=O) groups is 1. The normalized spacial score (nSPS) is 18.0. The van der Waals surface area contributed by atoms with E-state index in [1.807, 2.05) is 23.6 Å². The van der Waals surface area contributed by atoms with Crippen LogP contribution in [0.15, 0.2) is 50.1 Å². The van der Waals surface area contributed by atoms with E-state index in [0.717, 1.165) is 58.4 Å². The van der Waals surface area contributed by atoms with Crippen molar-refractivity contribution in [3.05, 3.63) is 68.4 Å². The Balaban J connectivity index is 0.972. The van der Waals surface area contributed by atoms with Crippen LogP contribution in [0.4, 0.5) is 13.2 Å². The Hall–Kier alpha value is -3.94. The van der Waals surface area contributed by atoms with Crippen molar-refractivity contribution in [1.29, 1.82) is 0 Å². The van der Waals surface area contributed by atoms with Crippen molar-refractivity contribution in [3.8, 4) is 0 Å². The lowest BCUT2D eigenvalue weighted by atomic mass is 9.97. The number of hydrogen-bond acceptors (Lipinski definition) is 8. The van der Waals surface area contributed by atoms with E-state index >= 15 is 0 Å². The highest BCUT2D eigenvalue weighted by molar-refractivity contribution is 7.10. The van der Waals surface area contributed by atoms with Gasteiger partial charge in [-0.1, -0.05) is 17.3 Å². The number of aromatic nitrogens is 4. The highest BCUT2D eigenvalue weighted by Crippen LogP contribution is 2.32.